The molecule has 1 aromatic rings. The van der Waals surface area contributed by atoms with Crippen molar-refractivity contribution in [2.45, 2.75) is 51.5 Å². The van der Waals surface area contributed by atoms with Gasteiger partial charge < -0.3 is 10.2 Å². The van der Waals surface area contributed by atoms with E-state index in [-0.39, 0.29) is 5.91 Å². The Morgan fingerprint density at radius 2 is 2.14 bits per heavy atom. The zero-order valence-corrected chi connectivity index (χ0v) is 13.2. The molecule has 3 rings (SSSR count). The Balaban J connectivity index is 1.81. The van der Waals surface area contributed by atoms with Gasteiger partial charge in [-0.05, 0) is 48.9 Å². The van der Waals surface area contributed by atoms with Gasteiger partial charge in [0.15, 0.2) is 0 Å². The number of hydrogen-bond donors (Lipinski definition) is 1. The minimum Gasteiger partial charge on any atom is -0.315 e. The first-order valence-corrected chi connectivity index (χ1v) is 8.31. The molecule has 1 aliphatic carbocycles. The quantitative estimate of drug-likeness (QED) is 0.869. The van der Waals surface area contributed by atoms with Crippen LogP contribution in [0.2, 0.25) is 0 Å². The summed E-state index contributed by atoms with van der Waals surface area (Å²) in [5.41, 5.74) is 3.82. The third-order valence-corrected chi connectivity index (χ3v) is 4.76. The van der Waals surface area contributed by atoms with E-state index in [2.05, 4.69) is 30.4 Å². The number of rotatable bonds is 6. The molecule has 1 aliphatic heterocycles. The number of aryl methyl sites for hydroxylation is 1. The highest BCUT2D eigenvalue weighted by Crippen LogP contribution is 2.38. The van der Waals surface area contributed by atoms with Crippen LogP contribution >= 0.6 is 0 Å². The number of hydrogen-bond acceptors (Lipinski definition) is 2. The van der Waals surface area contributed by atoms with Gasteiger partial charge in [-0.1, -0.05) is 31.9 Å². The highest BCUT2D eigenvalue weighted by atomic mass is 16.2. The van der Waals surface area contributed by atoms with E-state index in [9.17, 15) is 4.79 Å². The molecule has 0 aromatic heterocycles. The lowest BCUT2D eigenvalue weighted by molar-refractivity contribution is -0.118. The molecule has 0 bridgehead atoms. The maximum atomic E-state index is 11.8. The van der Waals surface area contributed by atoms with Gasteiger partial charge in [0, 0.05) is 25.2 Å². The summed E-state index contributed by atoms with van der Waals surface area (Å²) in [4.78, 5) is 13.6. The first-order chi connectivity index (χ1) is 10.2. The molecule has 1 amide bonds. The van der Waals surface area contributed by atoms with E-state index in [0.29, 0.717) is 12.5 Å². The van der Waals surface area contributed by atoms with Crippen LogP contribution in [-0.2, 0) is 11.2 Å². The Morgan fingerprint density at radius 1 is 1.33 bits per heavy atom. The third kappa shape index (κ3) is 3.29. The Labute approximate surface area is 127 Å². The van der Waals surface area contributed by atoms with Crippen molar-refractivity contribution >= 4 is 11.6 Å². The van der Waals surface area contributed by atoms with Gasteiger partial charge in [0.25, 0.3) is 0 Å². The molecule has 1 fully saturated rings. The van der Waals surface area contributed by atoms with Gasteiger partial charge in [-0.25, -0.2) is 0 Å². The van der Waals surface area contributed by atoms with Crippen LogP contribution in [0.15, 0.2) is 18.2 Å². The summed E-state index contributed by atoms with van der Waals surface area (Å²) in [5.74, 6) is 1.15. The normalized spacial score (nSPS) is 19.5. The average Bonchev–Trinajstić information content (AvgIpc) is 3.31. The fraction of sp³-hybridized carbons (Fsp3) is 0.611. The second kappa shape index (κ2) is 6.18. The van der Waals surface area contributed by atoms with Crippen molar-refractivity contribution in [1.29, 1.82) is 0 Å². The van der Waals surface area contributed by atoms with E-state index in [1.165, 1.54) is 36.8 Å². The number of carbonyl (C=O) groups excluding carboxylic acids is 1. The number of nitrogens with one attached hydrogen (secondary N) is 1. The van der Waals surface area contributed by atoms with Crippen LogP contribution in [0.25, 0.3) is 0 Å². The molecule has 1 aromatic carbocycles. The average molecular weight is 286 g/mol. The zero-order valence-electron chi connectivity index (χ0n) is 13.2. The highest BCUT2D eigenvalue weighted by molar-refractivity contribution is 5.95. The van der Waals surface area contributed by atoms with Crippen molar-refractivity contribution in [2.75, 3.05) is 18.5 Å². The first kappa shape index (κ1) is 14.6. The van der Waals surface area contributed by atoms with Crippen molar-refractivity contribution in [2.24, 2.45) is 5.92 Å². The van der Waals surface area contributed by atoms with E-state index in [1.54, 1.807) is 4.90 Å². The Bertz CT molecular complexity index is 522. The number of amides is 1. The standard InChI is InChI=1S/C18H26N2O/c1-3-10-19-16(11-13-4-5-13)14-6-8-17-15(12-14)7-9-18(21)20(17)2/h6,8,12-13,16,19H,3-5,7,9-11H2,1-2H3. The predicted molar refractivity (Wildman–Crippen MR) is 86.5 cm³/mol. The Hall–Kier alpha value is -1.35. The summed E-state index contributed by atoms with van der Waals surface area (Å²) in [5, 5.41) is 3.70. The fourth-order valence-corrected chi connectivity index (χ4v) is 3.24. The summed E-state index contributed by atoms with van der Waals surface area (Å²) in [6, 6.07) is 7.15. The predicted octanol–water partition coefficient (Wildman–Crippen LogP) is 3.44. The molecule has 2 aliphatic rings. The molecular formula is C18H26N2O. The van der Waals surface area contributed by atoms with Crippen LogP contribution < -0.4 is 10.2 Å². The van der Waals surface area contributed by atoms with Gasteiger partial charge in [0.1, 0.15) is 0 Å². The number of fused-ring (bicyclic) bond motifs is 1. The van der Waals surface area contributed by atoms with Crippen molar-refractivity contribution in [1.82, 2.24) is 5.32 Å². The minimum atomic E-state index is 0.230. The molecule has 1 unspecified atom stereocenters. The molecule has 1 heterocycles. The summed E-state index contributed by atoms with van der Waals surface area (Å²) in [7, 11) is 1.89. The zero-order chi connectivity index (χ0) is 14.8. The van der Waals surface area contributed by atoms with Crippen molar-refractivity contribution < 1.29 is 4.79 Å². The number of nitrogens with zero attached hydrogens (tertiary/aromatic N) is 1. The Kier molecular flexibility index (Phi) is 4.29. The monoisotopic (exact) mass is 286 g/mol. The first-order valence-electron chi connectivity index (χ1n) is 8.31. The molecule has 3 heteroatoms. The topological polar surface area (TPSA) is 32.3 Å². The van der Waals surface area contributed by atoms with Crippen LogP contribution in [-0.4, -0.2) is 19.5 Å². The molecule has 1 N–H and O–H groups in total. The molecule has 0 spiro atoms. The van der Waals surface area contributed by atoms with Gasteiger partial charge in [-0.15, -0.1) is 0 Å². The van der Waals surface area contributed by atoms with Gasteiger partial charge in [0.05, 0.1) is 0 Å². The van der Waals surface area contributed by atoms with Crippen LogP contribution in [0.4, 0.5) is 5.69 Å². The highest BCUT2D eigenvalue weighted by Gasteiger charge is 2.27. The number of benzene rings is 1. The van der Waals surface area contributed by atoms with Crippen molar-refractivity contribution in [3.05, 3.63) is 29.3 Å². The minimum absolute atomic E-state index is 0.230. The van der Waals surface area contributed by atoms with E-state index in [4.69, 9.17) is 0 Å². The van der Waals surface area contributed by atoms with Crippen LogP contribution in [0.5, 0.6) is 0 Å². The van der Waals surface area contributed by atoms with Crippen LogP contribution in [0.1, 0.15) is 56.2 Å². The molecule has 114 valence electrons. The van der Waals surface area contributed by atoms with E-state index in [1.807, 2.05) is 7.05 Å². The number of anilines is 1. The summed E-state index contributed by atoms with van der Waals surface area (Å²) in [6.07, 6.45) is 6.74. The lowest BCUT2D eigenvalue weighted by Gasteiger charge is -2.27. The smallest absolute Gasteiger partial charge is 0.227 e. The molecule has 1 atom stereocenters. The molecule has 0 radical (unpaired) electrons. The van der Waals surface area contributed by atoms with Crippen molar-refractivity contribution in [3.63, 3.8) is 0 Å². The summed E-state index contributed by atoms with van der Waals surface area (Å²) in [6.45, 7) is 3.29. The molecule has 3 nitrogen and oxygen atoms in total. The summed E-state index contributed by atoms with van der Waals surface area (Å²) < 4.78 is 0. The second-order valence-electron chi connectivity index (χ2n) is 6.53. The third-order valence-electron chi connectivity index (χ3n) is 4.76. The second-order valence-corrected chi connectivity index (χ2v) is 6.53. The Morgan fingerprint density at radius 3 is 2.86 bits per heavy atom. The molecule has 1 saturated carbocycles. The van der Waals surface area contributed by atoms with Gasteiger partial charge in [0.2, 0.25) is 5.91 Å². The maximum absolute atomic E-state index is 11.8. The number of carbonyl (C=O) groups is 1. The van der Waals surface area contributed by atoms with Crippen LogP contribution in [0.3, 0.4) is 0 Å². The van der Waals surface area contributed by atoms with Crippen molar-refractivity contribution in [3.8, 4) is 0 Å². The van der Waals surface area contributed by atoms with E-state index in [0.717, 1.165) is 24.6 Å². The molecular weight excluding hydrogens is 260 g/mol. The van der Waals surface area contributed by atoms with Gasteiger partial charge >= 0.3 is 0 Å². The summed E-state index contributed by atoms with van der Waals surface area (Å²) >= 11 is 0. The molecule has 0 saturated heterocycles. The maximum Gasteiger partial charge on any atom is 0.227 e. The van der Waals surface area contributed by atoms with Gasteiger partial charge in [-0.3, -0.25) is 4.79 Å². The molecule has 21 heavy (non-hydrogen) atoms. The SMILES string of the molecule is CCCNC(CC1CC1)c1ccc2c(c1)CCC(=O)N2C. The van der Waals surface area contributed by atoms with Crippen LogP contribution in [0, 0.1) is 5.92 Å². The van der Waals surface area contributed by atoms with E-state index >= 15 is 0 Å². The van der Waals surface area contributed by atoms with Gasteiger partial charge in [-0.2, -0.15) is 0 Å². The fourth-order valence-electron chi connectivity index (χ4n) is 3.24. The van der Waals surface area contributed by atoms with E-state index < -0.39 is 0 Å². The lowest BCUT2D eigenvalue weighted by atomic mass is 9.94. The largest absolute Gasteiger partial charge is 0.315 e. The lowest BCUT2D eigenvalue weighted by Crippen LogP contribution is -2.31.